The van der Waals surface area contributed by atoms with Crippen molar-refractivity contribution in [3.8, 4) is 0 Å². The van der Waals surface area contributed by atoms with E-state index in [1.54, 1.807) is 20.2 Å². The summed E-state index contributed by atoms with van der Waals surface area (Å²) in [5, 5.41) is 1.03. The molecule has 0 spiro atoms. The first-order valence-electron chi connectivity index (χ1n) is 2.92. The maximum Gasteiger partial charge on any atom is 0.252 e. The number of hydroxylamine groups is 2. The van der Waals surface area contributed by atoms with Crippen LogP contribution in [0.15, 0.2) is 11.8 Å². The highest BCUT2D eigenvalue weighted by Gasteiger charge is 2.23. The molecular weight excluding hydrogens is 154 g/mol. The van der Waals surface area contributed by atoms with E-state index in [2.05, 4.69) is 0 Å². The van der Waals surface area contributed by atoms with Gasteiger partial charge in [0.15, 0.2) is 0 Å². The van der Waals surface area contributed by atoms with Gasteiger partial charge in [0.2, 0.25) is 0 Å². The van der Waals surface area contributed by atoms with Gasteiger partial charge in [-0.2, -0.15) is 0 Å². The lowest BCUT2D eigenvalue weighted by Crippen LogP contribution is -2.13. The molecule has 0 saturated carbocycles. The predicted molar refractivity (Wildman–Crippen MR) is 37.3 cm³/mol. The minimum atomic E-state index is -0.447. The van der Waals surface area contributed by atoms with Crippen molar-refractivity contribution in [2.45, 2.75) is 13.0 Å². The lowest BCUT2D eigenvalue weighted by Gasteiger charge is -2.08. The van der Waals surface area contributed by atoms with E-state index in [-0.39, 0.29) is 6.10 Å². The number of hydrogen-bond donors (Lipinski definition) is 0. The Bertz CT molecular complexity index is 190. The predicted octanol–water partition coefficient (Wildman–Crippen LogP) is 0.901. The van der Waals surface area contributed by atoms with Crippen molar-refractivity contribution < 1.29 is 9.63 Å². The first-order chi connectivity index (χ1) is 4.61. The second-order valence-corrected chi connectivity index (χ2v) is 2.50. The van der Waals surface area contributed by atoms with Gasteiger partial charge >= 0.3 is 0 Å². The smallest absolute Gasteiger partial charge is 0.252 e. The first kappa shape index (κ1) is 7.57. The Morgan fingerprint density at radius 2 is 2.50 bits per heavy atom. The molecule has 1 atom stereocenters. The minimum absolute atomic E-state index is 0.213. The minimum Gasteiger partial charge on any atom is -0.276 e. The Hall–Kier alpha value is -0.540. The van der Waals surface area contributed by atoms with Gasteiger partial charge in [0.25, 0.3) is 5.24 Å². The van der Waals surface area contributed by atoms with Crippen molar-refractivity contribution in [1.29, 1.82) is 0 Å². The van der Waals surface area contributed by atoms with E-state index in [0.29, 0.717) is 5.57 Å². The lowest BCUT2D eigenvalue weighted by molar-refractivity contribution is -0.115. The molecule has 4 heteroatoms. The summed E-state index contributed by atoms with van der Waals surface area (Å²) in [4.78, 5) is 15.7. The van der Waals surface area contributed by atoms with Crippen LogP contribution in [0.4, 0.5) is 0 Å². The second kappa shape index (κ2) is 2.60. The Labute approximate surface area is 64.2 Å². The van der Waals surface area contributed by atoms with E-state index in [1.165, 1.54) is 5.06 Å². The van der Waals surface area contributed by atoms with Crippen LogP contribution in [-0.2, 0) is 9.63 Å². The van der Waals surface area contributed by atoms with Gasteiger partial charge in [-0.15, -0.1) is 0 Å². The van der Waals surface area contributed by atoms with Crippen LogP contribution in [0.3, 0.4) is 0 Å². The van der Waals surface area contributed by atoms with Crippen LogP contribution < -0.4 is 0 Å². The molecular formula is C6H8ClNO2. The molecule has 1 rings (SSSR count). The van der Waals surface area contributed by atoms with Gasteiger partial charge in [0, 0.05) is 13.2 Å². The van der Waals surface area contributed by atoms with Crippen molar-refractivity contribution in [2.75, 3.05) is 7.05 Å². The molecule has 0 saturated heterocycles. The van der Waals surface area contributed by atoms with Gasteiger partial charge in [-0.3, -0.25) is 14.7 Å². The standard InChI is InChI=1S/C6H8ClNO2/c1-4-5(6(7)9)3-8(2)10-4/h3-4H,1-2H3. The first-order valence-corrected chi connectivity index (χ1v) is 3.30. The number of nitrogens with zero attached hydrogens (tertiary/aromatic N) is 1. The maximum absolute atomic E-state index is 10.6. The number of halogens is 1. The summed E-state index contributed by atoms with van der Waals surface area (Å²) < 4.78 is 0. The SMILES string of the molecule is CC1ON(C)C=C1C(=O)Cl. The molecule has 0 fully saturated rings. The van der Waals surface area contributed by atoms with Crippen LogP contribution >= 0.6 is 11.6 Å². The zero-order valence-corrected chi connectivity index (χ0v) is 6.55. The van der Waals surface area contributed by atoms with E-state index in [1.807, 2.05) is 0 Å². The lowest BCUT2D eigenvalue weighted by atomic mass is 10.2. The molecule has 0 aromatic carbocycles. The van der Waals surface area contributed by atoms with E-state index < -0.39 is 5.24 Å². The van der Waals surface area contributed by atoms with Crippen LogP contribution in [0.25, 0.3) is 0 Å². The molecule has 1 aliphatic heterocycles. The zero-order chi connectivity index (χ0) is 7.72. The van der Waals surface area contributed by atoms with Crippen LogP contribution in [0.2, 0.25) is 0 Å². The monoisotopic (exact) mass is 161 g/mol. The van der Waals surface area contributed by atoms with Gasteiger partial charge in [-0.1, -0.05) is 0 Å². The molecule has 0 bridgehead atoms. The fourth-order valence-electron chi connectivity index (χ4n) is 0.848. The van der Waals surface area contributed by atoms with Crippen LogP contribution in [0, 0.1) is 0 Å². The summed E-state index contributed by atoms with van der Waals surface area (Å²) in [6, 6.07) is 0. The highest BCUT2D eigenvalue weighted by molar-refractivity contribution is 6.67. The summed E-state index contributed by atoms with van der Waals surface area (Å²) in [7, 11) is 1.71. The van der Waals surface area contributed by atoms with Gasteiger partial charge in [-0.25, -0.2) is 0 Å². The van der Waals surface area contributed by atoms with Gasteiger partial charge in [-0.05, 0) is 18.5 Å². The number of hydrogen-bond acceptors (Lipinski definition) is 3. The molecule has 0 aromatic rings. The van der Waals surface area contributed by atoms with E-state index in [4.69, 9.17) is 16.4 Å². The van der Waals surface area contributed by atoms with E-state index in [0.717, 1.165) is 0 Å². The van der Waals surface area contributed by atoms with E-state index >= 15 is 0 Å². The normalized spacial score (nSPS) is 24.9. The zero-order valence-electron chi connectivity index (χ0n) is 5.80. The summed E-state index contributed by atoms with van der Waals surface area (Å²) in [5.41, 5.74) is 0.504. The second-order valence-electron chi connectivity index (χ2n) is 2.15. The fraction of sp³-hybridized carbons (Fsp3) is 0.500. The fourth-order valence-corrected chi connectivity index (χ4v) is 1.05. The number of carbonyl (C=O) groups excluding carboxylic acids is 1. The molecule has 0 aliphatic carbocycles. The molecule has 10 heavy (non-hydrogen) atoms. The van der Waals surface area contributed by atoms with Crippen LogP contribution in [-0.4, -0.2) is 23.5 Å². The van der Waals surface area contributed by atoms with Crippen LogP contribution in [0.1, 0.15) is 6.92 Å². The molecule has 0 amide bonds. The Morgan fingerprint density at radius 3 is 2.70 bits per heavy atom. The third-order valence-electron chi connectivity index (χ3n) is 1.31. The quantitative estimate of drug-likeness (QED) is 0.536. The summed E-state index contributed by atoms with van der Waals surface area (Å²) >= 11 is 5.23. The third-order valence-corrected chi connectivity index (χ3v) is 1.53. The molecule has 0 aromatic heterocycles. The van der Waals surface area contributed by atoms with Crippen molar-refractivity contribution in [1.82, 2.24) is 5.06 Å². The third kappa shape index (κ3) is 1.30. The van der Waals surface area contributed by atoms with Crippen molar-refractivity contribution in [3.63, 3.8) is 0 Å². The highest BCUT2D eigenvalue weighted by atomic mass is 35.5. The van der Waals surface area contributed by atoms with Gasteiger partial charge in [0.1, 0.15) is 6.10 Å². The van der Waals surface area contributed by atoms with Crippen molar-refractivity contribution in [3.05, 3.63) is 11.8 Å². The molecule has 1 unspecified atom stereocenters. The summed E-state index contributed by atoms with van der Waals surface area (Å²) in [6.45, 7) is 1.77. The summed E-state index contributed by atoms with van der Waals surface area (Å²) in [5.74, 6) is 0. The Morgan fingerprint density at radius 1 is 1.90 bits per heavy atom. The van der Waals surface area contributed by atoms with Crippen LogP contribution in [0.5, 0.6) is 0 Å². The number of carbonyl (C=O) groups is 1. The largest absolute Gasteiger partial charge is 0.276 e. The highest BCUT2D eigenvalue weighted by Crippen LogP contribution is 2.18. The molecule has 3 nitrogen and oxygen atoms in total. The van der Waals surface area contributed by atoms with Gasteiger partial charge in [0.05, 0.1) is 5.57 Å². The number of rotatable bonds is 1. The van der Waals surface area contributed by atoms with Crippen molar-refractivity contribution >= 4 is 16.8 Å². The molecule has 56 valence electrons. The van der Waals surface area contributed by atoms with E-state index in [9.17, 15) is 4.79 Å². The Kier molecular flexibility index (Phi) is 1.97. The van der Waals surface area contributed by atoms with Gasteiger partial charge < -0.3 is 0 Å². The molecule has 1 heterocycles. The Balaban J connectivity index is 2.75. The molecule has 0 N–H and O–H groups in total. The van der Waals surface area contributed by atoms with Crippen molar-refractivity contribution in [2.24, 2.45) is 0 Å². The topological polar surface area (TPSA) is 29.5 Å². The summed E-state index contributed by atoms with van der Waals surface area (Å²) in [6.07, 6.45) is 1.37. The molecule has 0 radical (unpaired) electrons. The average molecular weight is 162 g/mol. The average Bonchev–Trinajstić information content (AvgIpc) is 2.10. The maximum atomic E-state index is 10.6. The molecule has 1 aliphatic rings.